The molecule has 0 radical (unpaired) electrons. The number of sulfonamides is 1. The summed E-state index contributed by atoms with van der Waals surface area (Å²) in [6, 6.07) is 7.56. The Morgan fingerprint density at radius 1 is 1.43 bits per heavy atom. The van der Waals surface area contributed by atoms with Gasteiger partial charge >= 0.3 is 0 Å². The molecule has 0 aromatic heterocycles. The molecule has 2 rings (SSSR count). The smallest absolute Gasteiger partial charge is 0.211 e. The van der Waals surface area contributed by atoms with Gasteiger partial charge in [-0.1, -0.05) is 18.2 Å². The van der Waals surface area contributed by atoms with Crippen LogP contribution in [0.15, 0.2) is 24.3 Å². The van der Waals surface area contributed by atoms with Crippen LogP contribution in [0.4, 0.5) is 5.69 Å². The molecule has 5 N–H and O–H groups in total. The molecule has 1 aliphatic heterocycles. The highest BCUT2D eigenvalue weighted by Crippen LogP contribution is 2.30. The SMILES string of the molecule is CS(=O)(=O)N1CCCC(CC(NN)c2ccccc2N)C1. The fraction of sp³-hybridized carbons (Fsp3) is 0.571. The molecule has 1 aromatic rings. The van der Waals surface area contributed by atoms with Gasteiger partial charge in [-0.15, -0.1) is 0 Å². The zero-order valence-corrected chi connectivity index (χ0v) is 13.1. The summed E-state index contributed by atoms with van der Waals surface area (Å²) in [4.78, 5) is 0. The Morgan fingerprint density at radius 3 is 2.76 bits per heavy atom. The van der Waals surface area contributed by atoms with Gasteiger partial charge in [-0.05, 0) is 36.8 Å². The van der Waals surface area contributed by atoms with Gasteiger partial charge in [0.1, 0.15) is 0 Å². The first-order chi connectivity index (χ1) is 9.91. The van der Waals surface area contributed by atoms with Gasteiger partial charge in [-0.25, -0.2) is 12.7 Å². The Morgan fingerprint density at radius 2 is 2.14 bits per heavy atom. The lowest BCUT2D eigenvalue weighted by molar-refractivity contribution is 0.238. The highest BCUT2D eigenvalue weighted by molar-refractivity contribution is 7.88. The van der Waals surface area contributed by atoms with Gasteiger partial charge in [0.05, 0.1) is 6.26 Å². The van der Waals surface area contributed by atoms with E-state index in [9.17, 15) is 8.42 Å². The Labute approximate surface area is 126 Å². The number of piperidine rings is 1. The highest BCUT2D eigenvalue weighted by Gasteiger charge is 2.28. The van der Waals surface area contributed by atoms with Crippen LogP contribution < -0.4 is 17.0 Å². The molecule has 1 heterocycles. The molecule has 1 fully saturated rings. The second-order valence-corrected chi connectivity index (χ2v) is 7.70. The molecule has 21 heavy (non-hydrogen) atoms. The van der Waals surface area contributed by atoms with Crippen molar-refractivity contribution in [2.75, 3.05) is 25.1 Å². The zero-order valence-electron chi connectivity index (χ0n) is 12.3. The van der Waals surface area contributed by atoms with E-state index in [1.807, 2.05) is 24.3 Å². The number of nitrogens with one attached hydrogen (secondary N) is 1. The highest BCUT2D eigenvalue weighted by atomic mass is 32.2. The van der Waals surface area contributed by atoms with Crippen LogP contribution in [0.3, 0.4) is 0 Å². The predicted molar refractivity (Wildman–Crippen MR) is 84.7 cm³/mol. The van der Waals surface area contributed by atoms with E-state index in [0.717, 1.165) is 24.8 Å². The lowest BCUT2D eigenvalue weighted by Crippen LogP contribution is -2.41. The van der Waals surface area contributed by atoms with Gasteiger partial charge in [0.25, 0.3) is 0 Å². The molecule has 1 saturated heterocycles. The van der Waals surface area contributed by atoms with E-state index < -0.39 is 10.0 Å². The normalized spacial score (nSPS) is 22.1. The summed E-state index contributed by atoms with van der Waals surface area (Å²) in [6.07, 6.45) is 3.94. The van der Waals surface area contributed by atoms with Crippen molar-refractivity contribution < 1.29 is 8.42 Å². The topological polar surface area (TPSA) is 101 Å². The molecule has 1 aliphatic rings. The van der Waals surface area contributed by atoms with Crippen molar-refractivity contribution in [1.29, 1.82) is 0 Å². The summed E-state index contributed by atoms with van der Waals surface area (Å²) >= 11 is 0. The Kier molecular flexibility index (Phi) is 5.21. The van der Waals surface area contributed by atoms with Crippen molar-refractivity contribution in [1.82, 2.24) is 9.73 Å². The molecule has 0 spiro atoms. The van der Waals surface area contributed by atoms with Crippen molar-refractivity contribution in [3.8, 4) is 0 Å². The number of rotatable bonds is 5. The third-order valence-corrected chi connectivity index (χ3v) is 5.36. The quantitative estimate of drug-likeness (QED) is 0.425. The maximum absolute atomic E-state index is 11.7. The van der Waals surface area contributed by atoms with Crippen molar-refractivity contribution in [2.24, 2.45) is 11.8 Å². The monoisotopic (exact) mass is 312 g/mol. The Bertz CT molecular complexity index is 576. The minimum absolute atomic E-state index is 0.0595. The summed E-state index contributed by atoms with van der Waals surface area (Å²) in [5.74, 6) is 5.96. The Hall–Kier alpha value is -1.15. The van der Waals surface area contributed by atoms with Crippen molar-refractivity contribution in [2.45, 2.75) is 25.3 Å². The van der Waals surface area contributed by atoms with Crippen LogP contribution >= 0.6 is 0 Å². The summed E-state index contributed by atoms with van der Waals surface area (Å²) in [5.41, 5.74) is 10.5. The number of nitrogens with two attached hydrogens (primary N) is 2. The first-order valence-electron chi connectivity index (χ1n) is 7.17. The summed E-state index contributed by atoms with van der Waals surface area (Å²) in [7, 11) is -3.12. The van der Waals surface area contributed by atoms with E-state index in [4.69, 9.17) is 11.6 Å². The summed E-state index contributed by atoms with van der Waals surface area (Å²) in [5, 5.41) is 0. The molecule has 7 heteroatoms. The Balaban J connectivity index is 2.07. The van der Waals surface area contributed by atoms with Crippen LogP contribution in [0.5, 0.6) is 0 Å². The number of nitrogen functional groups attached to an aromatic ring is 1. The molecule has 0 amide bonds. The van der Waals surface area contributed by atoms with Gasteiger partial charge in [0, 0.05) is 24.8 Å². The largest absolute Gasteiger partial charge is 0.398 e. The van der Waals surface area contributed by atoms with Gasteiger partial charge < -0.3 is 5.73 Å². The van der Waals surface area contributed by atoms with E-state index in [1.54, 1.807) is 4.31 Å². The lowest BCUT2D eigenvalue weighted by atomic mass is 9.89. The minimum Gasteiger partial charge on any atom is -0.398 e. The molecule has 2 unspecified atom stereocenters. The maximum atomic E-state index is 11.7. The lowest BCUT2D eigenvalue weighted by Gasteiger charge is -2.33. The van der Waals surface area contributed by atoms with E-state index in [1.165, 1.54) is 6.26 Å². The number of hydrazine groups is 1. The third kappa shape index (κ3) is 4.16. The van der Waals surface area contributed by atoms with Gasteiger partial charge in [-0.2, -0.15) is 0 Å². The van der Waals surface area contributed by atoms with Gasteiger partial charge in [-0.3, -0.25) is 11.3 Å². The number of nitrogens with zero attached hydrogens (tertiary/aromatic N) is 1. The average molecular weight is 312 g/mol. The minimum atomic E-state index is -3.12. The molecule has 6 nitrogen and oxygen atoms in total. The van der Waals surface area contributed by atoms with Crippen molar-refractivity contribution >= 4 is 15.7 Å². The van der Waals surface area contributed by atoms with E-state index in [-0.39, 0.29) is 12.0 Å². The third-order valence-electron chi connectivity index (χ3n) is 4.09. The second-order valence-electron chi connectivity index (χ2n) is 5.71. The van der Waals surface area contributed by atoms with Crippen LogP contribution in [0, 0.1) is 5.92 Å². The summed E-state index contributed by atoms with van der Waals surface area (Å²) < 4.78 is 24.9. The molecule has 2 atom stereocenters. The standard InChI is InChI=1S/C14H24N4O2S/c1-21(19,20)18-8-4-5-11(10-18)9-14(17-16)12-6-2-3-7-13(12)15/h2-3,6-7,11,14,17H,4-5,8-10,15-16H2,1H3. The molecule has 1 aromatic carbocycles. The second kappa shape index (κ2) is 6.74. The van der Waals surface area contributed by atoms with Crippen LogP contribution in [-0.4, -0.2) is 32.1 Å². The van der Waals surface area contributed by atoms with Crippen LogP contribution in [0.2, 0.25) is 0 Å². The van der Waals surface area contributed by atoms with E-state index in [2.05, 4.69) is 5.43 Å². The molecule has 118 valence electrons. The number of hydrogen-bond donors (Lipinski definition) is 3. The van der Waals surface area contributed by atoms with Crippen molar-refractivity contribution in [3.05, 3.63) is 29.8 Å². The summed E-state index contributed by atoms with van der Waals surface area (Å²) in [6.45, 7) is 1.17. The maximum Gasteiger partial charge on any atom is 0.211 e. The molecule has 0 bridgehead atoms. The van der Waals surface area contributed by atoms with E-state index >= 15 is 0 Å². The average Bonchev–Trinajstić information content (AvgIpc) is 2.45. The zero-order chi connectivity index (χ0) is 15.5. The van der Waals surface area contributed by atoms with Crippen LogP contribution in [-0.2, 0) is 10.0 Å². The van der Waals surface area contributed by atoms with Gasteiger partial charge in [0.2, 0.25) is 10.0 Å². The fourth-order valence-electron chi connectivity index (χ4n) is 2.97. The first-order valence-corrected chi connectivity index (χ1v) is 9.02. The number of anilines is 1. The van der Waals surface area contributed by atoms with Gasteiger partial charge in [0.15, 0.2) is 0 Å². The first kappa shape index (κ1) is 16.2. The number of para-hydroxylation sites is 1. The molecular weight excluding hydrogens is 288 g/mol. The molecule has 0 aliphatic carbocycles. The fourth-order valence-corrected chi connectivity index (χ4v) is 3.91. The number of benzene rings is 1. The number of hydrogen-bond acceptors (Lipinski definition) is 5. The molecular formula is C14H24N4O2S. The molecule has 0 saturated carbocycles. The predicted octanol–water partition coefficient (Wildman–Crippen LogP) is 0.835. The van der Waals surface area contributed by atoms with E-state index in [0.29, 0.717) is 18.8 Å². The van der Waals surface area contributed by atoms with Crippen LogP contribution in [0.25, 0.3) is 0 Å². The van der Waals surface area contributed by atoms with Crippen LogP contribution in [0.1, 0.15) is 30.9 Å². The van der Waals surface area contributed by atoms with Crippen molar-refractivity contribution in [3.63, 3.8) is 0 Å².